The zero-order valence-corrected chi connectivity index (χ0v) is 27.4. The van der Waals surface area contributed by atoms with Crippen LogP contribution in [0.1, 0.15) is 115 Å². The lowest BCUT2D eigenvalue weighted by Gasteiger charge is -2.27. The second kappa shape index (κ2) is 21.9. The van der Waals surface area contributed by atoms with Crippen LogP contribution in [-0.2, 0) is 37.5 Å². The Balaban J connectivity index is 3.02. The summed E-state index contributed by atoms with van der Waals surface area (Å²) in [6, 6.07) is 4.51. The molecule has 10 nitrogen and oxygen atoms in total. The van der Waals surface area contributed by atoms with Crippen molar-refractivity contribution < 1.29 is 42.7 Å². The van der Waals surface area contributed by atoms with Gasteiger partial charge in [-0.25, -0.2) is 5.06 Å². The summed E-state index contributed by atoms with van der Waals surface area (Å²) in [5.74, 6) is -1.68. The van der Waals surface area contributed by atoms with E-state index in [9.17, 15) is 24.2 Å². The number of ether oxygens (including phenoxy) is 2. The Morgan fingerprint density at radius 2 is 1.31 bits per heavy atom. The van der Waals surface area contributed by atoms with Crippen molar-refractivity contribution in [1.29, 1.82) is 0 Å². The third kappa shape index (κ3) is 15.7. The molecule has 42 heavy (non-hydrogen) atoms. The number of nitrogens with zero attached hydrogens (tertiary/aromatic N) is 1. The summed E-state index contributed by atoms with van der Waals surface area (Å²) >= 11 is 12.3. The molecule has 1 amide bonds. The van der Waals surface area contributed by atoms with E-state index in [1.165, 1.54) is 19.2 Å². The van der Waals surface area contributed by atoms with Crippen molar-refractivity contribution in [1.82, 2.24) is 5.06 Å². The minimum Gasteiger partial charge on any atom is -0.438 e. The number of carbonyl (C=O) groups is 3. The standard InChI is InChI=1S/C29H46Cl2NO9P/c1-4-6-8-10-12-14-28(34)38-21-40-42(37,41-22-39-29(35)15-13-11-9-7-5-2)26(18-19-27(33)32(3)36)23-16-17-24(30)25(31)20-23/h16-17,20,26,36H,4-15,18-19,21-22H2,1-3H3. The lowest BCUT2D eigenvalue weighted by atomic mass is 10.1. The zero-order valence-electron chi connectivity index (χ0n) is 25.0. The van der Waals surface area contributed by atoms with Gasteiger partial charge in [-0.05, 0) is 37.0 Å². The molecule has 0 spiro atoms. The number of esters is 2. The highest BCUT2D eigenvalue weighted by Gasteiger charge is 2.39. The van der Waals surface area contributed by atoms with E-state index in [1.54, 1.807) is 6.07 Å². The topological polar surface area (TPSA) is 129 Å². The van der Waals surface area contributed by atoms with Crippen LogP contribution in [0, 0.1) is 0 Å². The summed E-state index contributed by atoms with van der Waals surface area (Å²) in [5, 5.41) is 10.4. The molecular weight excluding hydrogens is 608 g/mol. The van der Waals surface area contributed by atoms with Gasteiger partial charge in [0.1, 0.15) is 0 Å². The average molecular weight is 655 g/mol. The molecule has 240 valence electrons. The number of carbonyl (C=O) groups excluding carboxylic acids is 3. The highest BCUT2D eigenvalue weighted by molar-refractivity contribution is 7.54. The van der Waals surface area contributed by atoms with Crippen LogP contribution in [0.25, 0.3) is 0 Å². The van der Waals surface area contributed by atoms with E-state index in [-0.39, 0.29) is 35.7 Å². The largest absolute Gasteiger partial charge is 0.438 e. The predicted octanol–water partition coefficient (Wildman–Crippen LogP) is 8.61. The van der Waals surface area contributed by atoms with Gasteiger partial charge in [-0.3, -0.25) is 33.2 Å². The number of benzene rings is 1. The molecule has 0 aliphatic carbocycles. The smallest absolute Gasteiger partial charge is 0.343 e. The Morgan fingerprint density at radius 3 is 1.76 bits per heavy atom. The van der Waals surface area contributed by atoms with Crippen LogP contribution in [0.5, 0.6) is 0 Å². The molecule has 13 heteroatoms. The fourth-order valence-electron chi connectivity index (χ4n) is 4.09. The van der Waals surface area contributed by atoms with Crippen LogP contribution >= 0.6 is 30.8 Å². The molecule has 0 saturated heterocycles. The number of unbranched alkanes of at least 4 members (excludes halogenated alkanes) is 8. The molecule has 0 aliphatic rings. The molecule has 1 unspecified atom stereocenters. The lowest BCUT2D eigenvalue weighted by molar-refractivity contribution is -0.159. The second-order valence-corrected chi connectivity index (χ2v) is 13.1. The molecule has 0 heterocycles. The van der Waals surface area contributed by atoms with Crippen molar-refractivity contribution in [2.45, 2.75) is 109 Å². The predicted molar refractivity (Wildman–Crippen MR) is 161 cm³/mol. The molecule has 0 fully saturated rings. The molecule has 0 saturated carbocycles. The number of hydrogen-bond donors (Lipinski definition) is 1. The van der Waals surface area contributed by atoms with Crippen LogP contribution in [0.4, 0.5) is 0 Å². The summed E-state index contributed by atoms with van der Waals surface area (Å²) < 4.78 is 35.7. The third-order valence-electron chi connectivity index (χ3n) is 6.58. The van der Waals surface area contributed by atoms with E-state index in [4.69, 9.17) is 41.7 Å². The summed E-state index contributed by atoms with van der Waals surface area (Å²) in [6.07, 6.45) is 9.52. The zero-order chi connectivity index (χ0) is 31.4. The third-order valence-corrected chi connectivity index (χ3v) is 9.57. The van der Waals surface area contributed by atoms with Crippen molar-refractivity contribution in [2.24, 2.45) is 0 Å². The fourth-order valence-corrected chi connectivity index (χ4v) is 6.20. The number of hydrogen-bond acceptors (Lipinski definition) is 9. The Labute approximate surface area is 259 Å². The fraction of sp³-hybridized carbons (Fsp3) is 0.690. The summed E-state index contributed by atoms with van der Waals surface area (Å²) in [4.78, 5) is 36.6. The number of rotatable bonds is 23. The average Bonchev–Trinajstić information content (AvgIpc) is 2.94. The Bertz CT molecular complexity index is 973. The van der Waals surface area contributed by atoms with Gasteiger partial charge in [0.2, 0.25) is 19.5 Å². The first-order valence-corrected chi connectivity index (χ1v) is 17.0. The van der Waals surface area contributed by atoms with Crippen LogP contribution in [0.2, 0.25) is 10.0 Å². The molecule has 0 aromatic heterocycles. The minimum atomic E-state index is -4.28. The second-order valence-electron chi connectivity index (χ2n) is 10.0. The minimum absolute atomic E-state index is 0.101. The first-order chi connectivity index (χ1) is 20.0. The normalized spacial score (nSPS) is 12.1. The van der Waals surface area contributed by atoms with Crippen LogP contribution < -0.4 is 0 Å². The van der Waals surface area contributed by atoms with Crippen LogP contribution in [-0.4, -0.2) is 48.7 Å². The highest BCUT2D eigenvalue weighted by atomic mass is 35.5. The Kier molecular flexibility index (Phi) is 20.0. The molecular formula is C29H46Cl2NO9P. The van der Waals surface area contributed by atoms with Crippen molar-refractivity contribution in [2.75, 3.05) is 20.6 Å². The molecule has 1 aromatic rings. The van der Waals surface area contributed by atoms with Gasteiger partial charge in [-0.1, -0.05) is 94.5 Å². The number of amides is 1. The molecule has 1 atom stereocenters. The Hall–Kier alpha value is -1.68. The summed E-state index contributed by atoms with van der Waals surface area (Å²) in [6.45, 7) is 2.85. The van der Waals surface area contributed by atoms with E-state index < -0.39 is 44.7 Å². The van der Waals surface area contributed by atoms with Crippen molar-refractivity contribution in [3.63, 3.8) is 0 Å². The van der Waals surface area contributed by atoms with Gasteiger partial charge in [0.25, 0.3) is 0 Å². The maximum atomic E-state index is 14.2. The maximum Gasteiger partial charge on any atom is 0.343 e. The van der Waals surface area contributed by atoms with Gasteiger partial charge in [-0.15, -0.1) is 0 Å². The van der Waals surface area contributed by atoms with Gasteiger partial charge in [0.15, 0.2) is 0 Å². The monoisotopic (exact) mass is 653 g/mol. The van der Waals surface area contributed by atoms with Crippen LogP contribution in [0.15, 0.2) is 18.2 Å². The molecule has 1 rings (SSSR count). The van der Waals surface area contributed by atoms with Gasteiger partial charge >= 0.3 is 19.5 Å². The van der Waals surface area contributed by atoms with E-state index in [0.29, 0.717) is 23.5 Å². The summed E-state index contributed by atoms with van der Waals surface area (Å²) in [7, 11) is -3.10. The SMILES string of the molecule is CCCCCCCC(=O)OCOP(=O)(OCOC(=O)CCCCCCC)C(CCC(=O)N(C)O)c1ccc(Cl)c(Cl)c1. The van der Waals surface area contributed by atoms with Gasteiger partial charge in [0.05, 0.1) is 15.7 Å². The highest BCUT2D eigenvalue weighted by Crippen LogP contribution is 2.63. The van der Waals surface area contributed by atoms with E-state index in [0.717, 1.165) is 51.4 Å². The first kappa shape index (κ1) is 38.3. The summed E-state index contributed by atoms with van der Waals surface area (Å²) in [5.41, 5.74) is -0.734. The van der Waals surface area contributed by atoms with Gasteiger partial charge < -0.3 is 9.47 Å². The van der Waals surface area contributed by atoms with Gasteiger partial charge in [0, 0.05) is 26.3 Å². The number of hydroxylamine groups is 2. The van der Waals surface area contributed by atoms with Gasteiger partial charge in [-0.2, -0.15) is 0 Å². The Morgan fingerprint density at radius 1 is 0.810 bits per heavy atom. The van der Waals surface area contributed by atoms with Crippen LogP contribution in [0.3, 0.4) is 0 Å². The first-order valence-electron chi connectivity index (χ1n) is 14.6. The van der Waals surface area contributed by atoms with Crippen molar-refractivity contribution in [3.8, 4) is 0 Å². The lowest BCUT2D eigenvalue weighted by Crippen LogP contribution is -2.23. The van der Waals surface area contributed by atoms with E-state index >= 15 is 0 Å². The molecule has 1 N–H and O–H groups in total. The molecule has 0 radical (unpaired) electrons. The van der Waals surface area contributed by atoms with Crippen molar-refractivity contribution in [3.05, 3.63) is 33.8 Å². The molecule has 1 aromatic carbocycles. The van der Waals surface area contributed by atoms with Crippen molar-refractivity contribution >= 4 is 48.6 Å². The molecule has 0 bridgehead atoms. The maximum absolute atomic E-state index is 14.2. The quantitative estimate of drug-likeness (QED) is 0.0308. The van der Waals surface area contributed by atoms with E-state index in [2.05, 4.69) is 13.8 Å². The van der Waals surface area contributed by atoms with E-state index in [1.807, 2.05) is 0 Å². The number of halogens is 2. The molecule has 0 aliphatic heterocycles.